The van der Waals surface area contributed by atoms with Crippen LogP contribution in [-0.2, 0) is 25.4 Å². The smallest absolute Gasteiger partial charge is 0.331 e. The van der Waals surface area contributed by atoms with Crippen molar-refractivity contribution in [1.82, 2.24) is 10.3 Å². The summed E-state index contributed by atoms with van der Waals surface area (Å²) in [6.07, 6.45) is 1.61. The number of amides is 1. The molecule has 0 aliphatic carbocycles. The number of pyridine rings is 1. The number of carbonyl (C=O) groups excluding carboxylic acids is 2. The molecule has 190 valence electrons. The molecule has 0 bridgehead atoms. The van der Waals surface area contributed by atoms with Crippen molar-refractivity contribution in [2.45, 2.75) is 44.9 Å². The number of hydrogen-bond donors (Lipinski definition) is 2. The molecule has 0 saturated carbocycles. The third-order valence-corrected chi connectivity index (χ3v) is 5.78. The summed E-state index contributed by atoms with van der Waals surface area (Å²) in [5.41, 5.74) is 0.580. The lowest BCUT2D eigenvalue weighted by atomic mass is 9.89. The molecular formula is C25H31FN2O7. The molecule has 1 saturated heterocycles. The van der Waals surface area contributed by atoms with Crippen LogP contribution in [-0.4, -0.2) is 67.1 Å². The number of aromatic hydroxyl groups is 1. The van der Waals surface area contributed by atoms with Gasteiger partial charge in [-0.1, -0.05) is 19.1 Å². The molecule has 1 aliphatic rings. The van der Waals surface area contributed by atoms with Crippen LogP contribution >= 0.6 is 0 Å². The standard InChI is InChI=1S/C25H31FN2O7/c1-4-11-34-21-14-33-13-19(28-24(30)22-23(29)20(32-3)9-10-27-22)25(31)35-15(2)18(21)12-16-5-7-17(26)8-6-16/h5-10,15,18-19,21,29H,4,11-14H2,1-3H3,(H,28,30)/t15-,18-,19-,21-/m0/s1. The summed E-state index contributed by atoms with van der Waals surface area (Å²) >= 11 is 0. The van der Waals surface area contributed by atoms with Crippen molar-refractivity contribution in [2.75, 3.05) is 26.9 Å². The summed E-state index contributed by atoms with van der Waals surface area (Å²) in [4.78, 5) is 29.6. The Hall–Kier alpha value is -3.24. The maximum atomic E-state index is 13.4. The molecule has 0 radical (unpaired) electrons. The van der Waals surface area contributed by atoms with E-state index in [-0.39, 0.29) is 42.5 Å². The average Bonchev–Trinajstić information content (AvgIpc) is 2.89. The Morgan fingerprint density at radius 3 is 2.69 bits per heavy atom. The highest BCUT2D eigenvalue weighted by Crippen LogP contribution is 2.28. The Balaban J connectivity index is 1.77. The zero-order valence-corrected chi connectivity index (χ0v) is 20.0. The lowest BCUT2D eigenvalue weighted by Crippen LogP contribution is -2.46. The number of nitrogens with zero attached hydrogens (tertiary/aromatic N) is 1. The highest BCUT2D eigenvalue weighted by Gasteiger charge is 2.36. The van der Waals surface area contributed by atoms with Gasteiger partial charge in [-0.2, -0.15) is 0 Å². The summed E-state index contributed by atoms with van der Waals surface area (Å²) in [6.45, 7) is 4.25. The maximum Gasteiger partial charge on any atom is 0.331 e. The van der Waals surface area contributed by atoms with Gasteiger partial charge in [0.25, 0.3) is 5.91 Å². The number of cyclic esters (lactones) is 1. The summed E-state index contributed by atoms with van der Waals surface area (Å²) < 4.78 is 35.9. The predicted octanol–water partition coefficient (Wildman–Crippen LogP) is 2.65. The minimum atomic E-state index is -1.13. The van der Waals surface area contributed by atoms with E-state index in [1.54, 1.807) is 19.1 Å². The van der Waals surface area contributed by atoms with Crippen molar-refractivity contribution in [2.24, 2.45) is 5.92 Å². The topological polar surface area (TPSA) is 116 Å². The number of halogens is 1. The van der Waals surface area contributed by atoms with E-state index < -0.39 is 29.8 Å². The van der Waals surface area contributed by atoms with Gasteiger partial charge < -0.3 is 29.4 Å². The van der Waals surface area contributed by atoms with E-state index in [2.05, 4.69) is 10.3 Å². The molecule has 2 N–H and O–H groups in total. The van der Waals surface area contributed by atoms with Crippen molar-refractivity contribution in [3.05, 3.63) is 53.6 Å². The normalized spacial score (nSPS) is 22.9. The molecule has 35 heavy (non-hydrogen) atoms. The number of rotatable bonds is 8. The highest BCUT2D eigenvalue weighted by atomic mass is 19.1. The minimum absolute atomic E-state index is 0.0756. The van der Waals surface area contributed by atoms with Gasteiger partial charge in [0, 0.05) is 24.8 Å². The predicted molar refractivity (Wildman–Crippen MR) is 124 cm³/mol. The molecule has 1 aromatic heterocycles. The number of aromatic nitrogens is 1. The molecule has 1 fully saturated rings. The fraction of sp³-hybridized carbons (Fsp3) is 0.480. The van der Waals surface area contributed by atoms with Gasteiger partial charge in [-0.15, -0.1) is 0 Å². The van der Waals surface area contributed by atoms with Crippen molar-refractivity contribution in [1.29, 1.82) is 0 Å². The largest absolute Gasteiger partial charge is 0.503 e. The van der Waals surface area contributed by atoms with E-state index >= 15 is 0 Å². The van der Waals surface area contributed by atoms with Crippen LogP contribution in [0.4, 0.5) is 4.39 Å². The van der Waals surface area contributed by atoms with Crippen LogP contribution in [0.3, 0.4) is 0 Å². The number of esters is 1. The van der Waals surface area contributed by atoms with Gasteiger partial charge in [-0.25, -0.2) is 14.2 Å². The monoisotopic (exact) mass is 490 g/mol. The van der Waals surface area contributed by atoms with Crippen molar-refractivity contribution >= 4 is 11.9 Å². The lowest BCUT2D eigenvalue weighted by Gasteiger charge is -2.30. The first-order chi connectivity index (χ1) is 16.8. The third-order valence-electron chi connectivity index (χ3n) is 5.78. The van der Waals surface area contributed by atoms with Crippen molar-refractivity contribution in [3.8, 4) is 11.5 Å². The molecular weight excluding hydrogens is 459 g/mol. The molecule has 1 aliphatic heterocycles. The molecule has 3 rings (SSSR count). The molecule has 0 unspecified atom stereocenters. The fourth-order valence-corrected chi connectivity index (χ4v) is 3.87. The Kier molecular flexibility index (Phi) is 9.39. The molecule has 9 nitrogen and oxygen atoms in total. The zero-order valence-electron chi connectivity index (χ0n) is 20.0. The summed E-state index contributed by atoms with van der Waals surface area (Å²) in [5, 5.41) is 12.7. The van der Waals surface area contributed by atoms with E-state index in [0.29, 0.717) is 13.0 Å². The van der Waals surface area contributed by atoms with E-state index in [1.807, 2.05) is 6.92 Å². The first kappa shape index (κ1) is 26.4. The van der Waals surface area contributed by atoms with Gasteiger partial charge in [-0.3, -0.25) is 4.79 Å². The highest BCUT2D eigenvalue weighted by molar-refractivity contribution is 5.98. The molecule has 10 heteroatoms. The van der Waals surface area contributed by atoms with Crippen molar-refractivity contribution in [3.63, 3.8) is 0 Å². The second-order valence-electron chi connectivity index (χ2n) is 8.32. The van der Waals surface area contributed by atoms with Crippen LogP contribution in [0.1, 0.15) is 36.3 Å². The Labute approximate surface area is 203 Å². The molecule has 1 aromatic carbocycles. The van der Waals surface area contributed by atoms with Gasteiger partial charge >= 0.3 is 5.97 Å². The van der Waals surface area contributed by atoms with Crippen LogP contribution in [0, 0.1) is 11.7 Å². The molecule has 4 atom stereocenters. The van der Waals surface area contributed by atoms with Crippen LogP contribution in [0.5, 0.6) is 11.5 Å². The number of benzene rings is 1. The first-order valence-electron chi connectivity index (χ1n) is 11.5. The summed E-state index contributed by atoms with van der Waals surface area (Å²) in [5.74, 6) is -2.43. The van der Waals surface area contributed by atoms with Crippen LogP contribution in [0.15, 0.2) is 36.5 Å². The number of nitrogens with one attached hydrogen (secondary N) is 1. The number of ether oxygens (including phenoxy) is 4. The molecule has 2 aromatic rings. The Morgan fingerprint density at radius 1 is 1.26 bits per heavy atom. The SMILES string of the molecule is CCCO[C@H]1COC[C@H](NC(=O)c2nccc(OC)c2O)C(=O)O[C@@H](C)[C@@H]1Cc1ccc(F)cc1. The van der Waals surface area contributed by atoms with Gasteiger partial charge in [0.05, 0.1) is 26.4 Å². The molecule has 1 amide bonds. The maximum absolute atomic E-state index is 13.4. The Bertz CT molecular complexity index is 1000. The van der Waals surface area contributed by atoms with Crippen molar-refractivity contribution < 1.29 is 38.0 Å². The van der Waals surface area contributed by atoms with Crippen LogP contribution in [0.2, 0.25) is 0 Å². The Morgan fingerprint density at radius 2 is 2.00 bits per heavy atom. The quantitative estimate of drug-likeness (QED) is 0.543. The first-order valence-corrected chi connectivity index (χ1v) is 11.5. The summed E-state index contributed by atoms with van der Waals surface area (Å²) in [6, 6.07) is 6.41. The van der Waals surface area contributed by atoms with E-state index in [9.17, 15) is 19.1 Å². The third kappa shape index (κ3) is 6.89. The number of methoxy groups -OCH3 is 1. The number of hydrogen-bond acceptors (Lipinski definition) is 8. The second-order valence-corrected chi connectivity index (χ2v) is 8.32. The number of carbonyl (C=O) groups is 2. The fourth-order valence-electron chi connectivity index (χ4n) is 3.87. The molecule has 2 heterocycles. The van der Waals surface area contributed by atoms with E-state index in [4.69, 9.17) is 18.9 Å². The summed E-state index contributed by atoms with van der Waals surface area (Å²) in [7, 11) is 1.35. The van der Waals surface area contributed by atoms with Gasteiger partial charge in [0.1, 0.15) is 11.9 Å². The molecule has 0 spiro atoms. The van der Waals surface area contributed by atoms with E-state index in [0.717, 1.165) is 12.0 Å². The second kappa shape index (κ2) is 12.5. The van der Waals surface area contributed by atoms with Crippen LogP contribution in [0.25, 0.3) is 0 Å². The zero-order chi connectivity index (χ0) is 25.4. The van der Waals surface area contributed by atoms with Gasteiger partial charge in [0.15, 0.2) is 23.2 Å². The van der Waals surface area contributed by atoms with Gasteiger partial charge in [-0.05, 0) is 37.5 Å². The van der Waals surface area contributed by atoms with E-state index in [1.165, 1.54) is 31.5 Å². The average molecular weight is 491 g/mol. The van der Waals surface area contributed by atoms with Gasteiger partial charge in [0.2, 0.25) is 0 Å². The minimum Gasteiger partial charge on any atom is -0.503 e. The van der Waals surface area contributed by atoms with Crippen LogP contribution < -0.4 is 10.1 Å². The lowest BCUT2D eigenvalue weighted by molar-refractivity contribution is -0.155.